The average molecular weight is 213 g/mol. The first-order valence-corrected chi connectivity index (χ1v) is 6.25. The lowest BCUT2D eigenvalue weighted by Crippen LogP contribution is -2.41. The second-order valence-electron chi connectivity index (χ2n) is 5.95. The van der Waals surface area contributed by atoms with Crippen LogP contribution >= 0.6 is 0 Å². The normalized spacial score (nSPS) is 33.0. The van der Waals surface area contributed by atoms with Crippen LogP contribution in [0.4, 0.5) is 0 Å². The molecule has 0 aromatic carbocycles. The van der Waals surface area contributed by atoms with E-state index in [2.05, 4.69) is 33.0 Å². The van der Waals surface area contributed by atoms with Gasteiger partial charge in [0.2, 0.25) is 0 Å². The van der Waals surface area contributed by atoms with Gasteiger partial charge in [-0.1, -0.05) is 13.8 Å². The molecule has 1 aliphatic carbocycles. The fourth-order valence-corrected chi connectivity index (χ4v) is 2.89. The van der Waals surface area contributed by atoms with Crippen molar-refractivity contribution in [3.8, 4) is 0 Å². The lowest BCUT2D eigenvalue weighted by atomic mass is 9.81. The van der Waals surface area contributed by atoms with Gasteiger partial charge in [0, 0.05) is 6.54 Å². The predicted molar refractivity (Wildman–Crippen MR) is 65.1 cm³/mol. The van der Waals surface area contributed by atoms with Gasteiger partial charge in [-0.15, -0.1) is 0 Å². The number of hydrogen-bond donors (Lipinski definition) is 1. The second kappa shape index (κ2) is 5.31. The minimum absolute atomic E-state index is 0.0316. The zero-order valence-electron chi connectivity index (χ0n) is 11.0. The molecular formula is C13H27NO. The van der Waals surface area contributed by atoms with Gasteiger partial charge >= 0.3 is 0 Å². The molecule has 2 unspecified atom stereocenters. The molecule has 1 rings (SSSR count). The first-order valence-electron chi connectivity index (χ1n) is 6.25. The van der Waals surface area contributed by atoms with E-state index in [4.69, 9.17) is 4.74 Å². The van der Waals surface area contributed by atoms with Gasteiger partial charge in [-0.05, 0) is 52.0 Å². The molecule has 0 heterocycles. The van der Waals surface area contributed by atoms with E-state index in [1.807, 2.05) is 7.05 Å². The Balaban J connectivity index is 2.43. The fourth-order valence-electron chi connectivity index (χ4n) is 2.89. The highest BCUT2D eigenvalue weighted by atomic mass is 16.5. The molecule has 0 amide bonds. The molecule has 0 aromatic rings. The summed E-state index contributed by atoms with van der Waals surface area (Å²) in [5, 5.41) is 3.19. The number of rotatable bonds is 4. The van der Waals surface area contributed by atoms with Crippen molar-refractivity contribution in [1.82, 2.24) is 5.32 Å². The summed E-state index contributed by atoms with van der Waals surface area (Å²) in [7, 11) is 1.98. The molecule has 0 saturated heterocycles. The maximum atomic E-state index is 6.20. The molecule has 0 aliphatic heterocycles. The largest absolute Gasteiger partial charge is 0.371 e. The van der Waals surface area contributed by atoms with E-state index < -0.39 is 0 Å². The summed E-state index contributed by atoms with van der Waals surface area (Å²) in [6, 6.07) is 0. The van der Waals surface area contributed by atoms with Gasteiger partial charge in [0.1, 0.15) is 0 Å². The van der Waals surface area contributed by atoms with Crippen molar-refractivity contribution in [2.45, 2.75) is 58.7 Å². The molecule has 1 aliphatic rings. The van der Waals surface area contributed by atoms with Gasteiger partial charge in [-0.25, -0.2) is 0 Å². The molecule has 1 N–H and O–H groups in total. The van der Waals surface area contributed by atoms with Gasteiger partial charge in [0.15, 0.2) is 0 Å². The Hall–Kier alpha value is -0.0800. The Bertz CT molecular complexity index is 181. The molecule has 2 nitrogen and oxygen atoms in total. The van der Waals surface area contributed by atoms with Gasteiger partial charge in [-0.3, -0.25) is 0 Å². The van der Waals surface area contributed by atoms with E-state index >= 15 is 0 Å². The summed E-state index contributed by atoms with van der Waals surface area (Å²) in [4.78, 5) is 0. The van der Waals surface area contributed by atoms with Gasteiger partial charge < -0.3 is 10.1 Å². The van der Waals surface area contributed by atoms with Crippen molar-refractivity contribution in [3.05, 3.63) is 0 Å². The Morgan fingerprint density at radius 1 is 1.13 bits per heavy atom. The summed E-state index contributed by atoms with van der Waals surface area (Å²) < 4.78 is 6.20. The summed E-state index contributed by atoms with van der Waals surface area (Å²) in [6.07, 6.45) is 4.30. The fraction of sp³-hybridized carbons (Fsp3) is 1.00. The van der Waals surface area contributed by atoms with Crippen LogP contribution in [0.1, 0.15) is 47.0 Å². The van der Waals surface area contributed by atoms with Crippen LogP contribution in [-0.4, -0.2) is 25.3 Å². The Labute approximate surface area is 94.8 Å². The van der Waals surface area contributed by atoms with E-state index in [1.165, 1.54) is 19.3 Å². The SMILES string of the molecule is CNCC(C)(C)OC1CC(C)CC(C)C1. The average Bonchev–Trinajstić information content (AvgIpc) is 1.99. The molecule has 1 saturated carbocycles. The zero-order valence-corrected chi connectivity index (χ0v) is 11.0. The number of likely N-dealkylation sites (N-methyl/N-ethyl adjacent to an activating group) is 1. The van der Waals surface area contributed by atoms with E-state index in [1.54, 1.807) is 0 Å². The standard InChI is InChI=1S/C13H27NO/c1-10-6-11(2)8-12(7-10)15-13(3,4)9-14-5/h10-12,14H,6-9H2,1-5H3. The van der Waals surface area contributed by atoms with Gasteiger partial charge in [-0.2, -0.15) is 0 Å². The monoisotopic (exact) mass is 213 g/mol. The van der Waals surface area contributed by atoms with E-state index in [9.17, 15) is 0 Å². The molecule has 0 radical (unpaired) electrons. The van der Waals surface area contributed by atoms with Crippen molar-refractivity contribution in [2.75, 3.05) is 13.6 Å². The van der Waals surface area contributed by atoms with Crippen LogP contribution in [0, 0.1) is 11.8 Å². The highest BCUT2D eigenvalue weighted by Gasteiger charge is 2.29. The Kier molecular flexibility index (Phi) is 4.60. The first-order chi connectivity index (χ1) is 6.93. The van der Waals surface area contributed by atoms with Crippen molar-refractivity contribution >= 4 is 0 Å². The van der Waals surface area contributed by atoms with E-state index in [-0.39, 0.29) is 5.60 Å². The maximum absolute atomic E-state index is 6.20. The number of hydrogen-bond acceptors (Lipinski definition) is 2. The summed E-state index contributed by atoms with van der Waals surface area (Å²) in [5.41, 5.74) is -0.0316. The van der Waals surface area contributed by atoms with Crippen molar-refractivity contribution in [2.24, 2.45) is 11.8 Å². The first kappa shape index (κ1) is 13.0. The van der Waals surface area contributed by atoms with Crippen molar-refractivity contribution < 1.29 is 4.74 Å². The molecule has 0 spiro atoms. The molecule has 90 valence electrons. The third kappa shape index (κ3) is 4.52. The zero-order chi connectivity index (χ0) is 11.5. The number of nitrogens with one attached hydrogen (secondary N) is 1. The highest BCUT2D eigenvalue weighted by Crippen LogP contribution is 2.32. The molecule has 1 fully saturated rings. The summed E-state index contributed by atoms with van der Waals surface area (Å²) >= 11 is 0. The van der Waals surface area contributed by atoms with Crippen LogP contribution in [0.25, 0.3) is 0 Å². The molecule has 0 bridgehead atoms. The molecule has 2 atom stereocenters. The topological polar surface area (TPSA) is 21.3 Å². The third-order valence-electron chi connectivity index (χ3n) is 3.22. The summed E-state index contributed by atoms with van der Waals surface area (Å²) in [5.74, 6) is 1.65. The quantitative estimate of drug-likeness (QED) is 0.775. The second-order valence-corrected chi connectivity index (χ2v) is 5.95. The Morgan fingerprint density at radius 2 is 1.67 bits per heavy atom. The molecule has 0 aromatic heterocycles. The van der Waals surface area contributed by atoms with Crippen LogP contribution in [0.2, 0.25) is 0 Å². The van der Waals surface area contributed by atoms with Gasteiger partial charge in [0.05, 0.1) is 11.7 Å². The van der Waals surface area contributed by atoms with Crippen LogP contribution in [0.5, 0.6) is 0 Å². The smallest absolute Gasteiger partial charge is 0.0753 e. The Morgan fingerprint density at radius 3 is 2.13 bits per heavy atom. The molecule has 15 heavy (non-hydrogen) atoms. The molecule has 2 heteroatoms. The minimum atomic E-state index is -0.0316. The highest BCUT2D eigenvalue weighted by molar-refractivity contribution is 4.80. The summed E-state index contributed by atoms with van der Waals surface area (Å²) in [6.45, 7) is 9.96. The maximum Gasteiger partial charge on any atom is 0.0753 e. The minimum Gasteiger partial charge on any atom is -0.371 e. The van der Waals surface area contributed by atoms with Crippen LogP contribution < -0.4 is 5.32 Å². The van der Waals surface area contributed by atoms with E-state index in [0.29, 0.717) is 6.10 Å². The molecular weight excluding hydrogens is 186 g/mol. The third-order valence-corrected chi connectivity index (χ3v) is 3.22. The van der Waals surface area contributed by atoms with Gasteiger partial charge in [0.25, 0.3) is 0 Å². The van der Waals surface area contributed by atoms with Crippen LogP contribution in [-0.2, 0) is 4.74 Å². The van der Waals surface area contributed by atoms with Crippen molar-refractivity contribution in [1.29, 1.82) is 0 Å². The van der Waals surface area contributed by atoms with Crippen LogP contribution in [0.3, 0.4) is 0 Å². The lowest BCUT2D eigenvalue weighted by molar-refractivity contribution is -0.0954. The predicted octanol–water partition coefficient (Wildman–Crippen LogP) is 2.83. The lowest BCUT2D eigenvalue weighted by Gasteiger charge is -2.37. The van der Waals surface area contributed by atoms with Crippen molar-refractivity contribution in [3.63, 3.8) is 0 Å². The number of ether oxygens (including phenoxy) is 1. The van der Waals surface area contributed by atoms with Crippen LogP contribution in [0.15, 0.2) is 0 Å². The van der Waals surface area contributed by atoms with E-state index in [0.717, 1.165) is 18.4 Å².